The summed E-state index contributed by atoms with van der Waals surface area (Å²) in [6, 6.07) is 7.10. The Labute approximate surface area is 120 Å². The predicted molar refractivity (Wildman–Crippen MR) is 80.0 cm³/mol. The summed E-state index contributed by atoms with van der Waals surface area (Å²) in [6.45, 7) is 7.58. The molecule has 4 N–H and O–H groups in total. The molecule has 0 aliphatic rings. The maximum atomic E-state index is 11.6. The Hall–Kier alpha value is -1.88. The Bertz CT molecular complexity index is 490. The molecular formula is C15H23N3O2. The lowest BCUT2D eigenvalue weighted by Gasteiger charge is -2.19. The van der Waals surface area contributed by atoms with Gasteiger partial charge in [0, 0.05) is 12.6 Å². The molecule has 1 unspecified atom stereocenters. The third kappa shape index (κ3) is 5.40. The van der Waals surface area contributed by atoms with Crippen LogP contribution in [0.25, 0.3) is 0 Å². The van der Waals surface area contributed by atoms with Crippen LogP contribution >= 0.6 is 0 Å². The van der Waals surface area contributed by atoms with E-state index >= 15 is 0 Å². The number of benzene rings is 1. The van der Waals surface area contributed by atoms with Gasteiger partial charge in [-0.2, -0.15) is 0 Å². The number of ether oxygens (including phenoxy) is 1. The summed E-state index contributed by atoms with van der Waals surface area (Å²) in [5, 5.41) is 10.6. The highest BCUT2D eigenvalue weighted by Crippen LogP contribution is 2.09. The van der Waals surface area contributed by atoms with Gasteiger partial charge in [-0.3, -0.25) is 0 Å². The Morgan fingerprint density at radius 1 is 1.45 bits per heavy atom. The molecule has 5 heteroatoms. The van der Waals surface area contributed by atoms with Gasteiger partial charge in [-0.15, -0.1) is 0 Å². The van der Waals surface area contributed by atoms with E-state index in [1.807, 2.05) is 45.0 Å². The van der Waals surface area contributed by atoms with Gasteiger partial charge >= 0.3 is 6.09 Å². The van der Waals surface area contributed by atoms with E-state index in [0.29, 0.717) is 12.3 Å². The average Bonchev–Trinajstić information content (AvgIpc) is 2.33. The second-order valence-electron chi connectivity index (χ2n) is 5.76. The molecule has 1 atom stereocenters. The maximum Gasteiger partial charge on any atom is 0.407 e. The van der Waals surface area contributed by atoms with Crippen LogP contribution in [0.3, 0.4) is 0 Å². The van der Waals surface area contributed by atoms with E-state index in [1.165, 1.54) is 0 Å². The third-order valence-electron chi connectivity index (χ3n) is 2.53. The van der Waals surface area contributed by atoms with Gasteiger partial charge in [0.05, 0.1) is 5.71 Å². The lowest BCUT2D eigenvalue weighted by Crippen LogP contribution is -2.32. The highest BCUT2D eigenvalue weighted by atomic mass is 16.6. The van der Waals surface area contributed by atoms with Crippen molar-refractivity contribution in [3.05, 3.63) is 35.4 Å². The topological polar surface area (TPSA) is 88.2 Å². The Morgan fingerprint density at radius 3 is 2.65 bits per heavy atom. The summed E-state index contributed by atoms with van der Waals surface area (Å²) >= 11 is 0. The van der Waals surface area contributed by atoms with Crippen LogP contribution in [0.2, 0.25) is 0 Å². The van der Waals surface area contributed by atoms with Crippen molar-refractivity contribution in [2.75, 3.05) is 0 Å². The van der Waals surface area contributed by atoms with Gasteiger partial charge in [-0.25, -0.2) is 4.79 Å². The lowest BCUT2D eigenvalue weighted by atomic mass is 10.0. The molecular weight excluding hydrogens is 254 g/mol. The number of hydrogen-bond donors (Lipinski definition) is 3. The molecule has 1 rings (SSSR count). The van der Waals surface area contributed by atoms with E-state index in [4.69, 9.17) is 15.9 Å². The molecule has 0 radical (unpaired) electrons. The number of hydrogen-bond acceptors (Lipinski definition) is 4. The summed E-state index contributed by atoms with van der Waals surface area (Å²) in [7, 11) is 0. The van der Waals surface area contributed by atoms with Gasteiger partial charge < -0.3 is 21.2 Å². The highest BCUT2D eigenvalue weighted by molar-refractivity contribution is 6.01. The number of carbonyl (C=O) groups excluding carboxylic acids is 1. The summed E-state index contributed by atoms with van der Waals surface area (Å²) in [6.07, 6.45) is -0.454. The van der Waals surface area contributed by atoms with Crippen molar-refractivity contribution in [2.45, 2.75) is 45.9 Å². The van der Waals surface area contributed by atoms with E-state index in [0.717, 1.165) is 11.1 Å². The molecule has 0 spiro atoms. The van der Waals surface area contributed by atoms with Gasteiger partial charge in [0.2, 0.25) is 0 Å². The number of carbonyl (C=O) groups is 1. The number of nitrogens with two attached hydrogens (primary N) is 1. The molecule has 0 aromatic heterocycles. The van der Waals surface area contributed by atoms with Crippen molar-refractivity contribution in [2.24, 2.45) is 5.73 Å². The average molecular weight is 277 g/mol. The minimum atomic E-state index is -0.511. The molecule has 0 fully saturated rings. The molecule has 110 valence electrons. The first kappa shape index (κ1) is 16.2. The summed E-state index contributed by atoms with van der Waals surface area (Å²) in [4.78, 5) is 11.6. The Kier molecular flexibility index (Phi) is 5.27. The first-order chi connectivity index (χ1) is 9.19. The van der Waals surface area contributed by atoms with Crippen LogP contribution in [0.1, 0.15) is 38.8 Å². The van der Waals surface area contributed by atoms with E-state index in [9.17, 15) is 4.79 Å². The van der Waals surface area contributed by atoms with E-state index in [2.05, 4.69) is 5.32 Å². The molecule has 1 aromatic rings. The molecule has 0 saturated heterocycles. The molecule has 0 aliphatic heterocycles. The van der Waals surface area contributed by atoms with Crippen molar-refractivity contribution in [1.29, 1.82) is 5.41 Å². The quantitative estimate of drug-likeness (QED) is 0.738. The second-order valence-corrected chi connectivity index (χ2v) is 5.76. The zero-order valence-corrected chi connectivity index (χ0v) is 12.5. The third-order valence-corrected chi connectivity index (χ3v) is 2.53. The van der Waals surface area contributed by atoms with Gasteiger partial charge in [-0.1, -0.05) is 18.2 Å². The van der Waals surface area contributed by atoms with Gasteiger partial charge in [-0.05, 0) is 44.9 Å². The van der Waals surface area contributed by atoms with Crippen LogP contribution in [-0.4, -0.2) is 23.4 Å². The fraction of sp³-hybridized carbons (Fsp3) is 0.467. The van der Waals surface area contributed by atoms with Crippen LogP contribution in [0.15, 0.2) is 24.3 Å². The van der Waals surface area contributed by atoms with E-state index in [1.54, 1.807) is 6.92 Å². The smallest absolute Gasteiger partial charge is 0.407 e. The number of alkyl carbamates (subject to hydrolysis) is 1. The molecule has 0 aliphatic carbocycles. The van der Waals surface area contributed by atoms with Crippen molar-refractivity contribution < 1.29 is 9.53 Å². The SMILES string of the molecule is CC(N)C(=N)c1cccc(CNC(=O)OC(C)(C)C)c1. The highest BCUT2D eigenvalue weighted by Gasteiger charge is 2.15. The largest absolute Gasteiger partial charge is 0.444 e. The molecule has 5 nitrogen and oxygen atoms in total. The van der Waals surface area contributed by atoms with Crippen molar-refractivity contribution in [3.8, 4) is 0 Å². The Balaban J connectivity index is 2.63. The molecule has 0 heterocycles. The van der Waals surface area contributed by atoms with Gasteiger partial charge in [0.1, 0.15) is 5.60 Å². The molecule has 1 aromatic carbocycles. The van der Waals surface area contributed by atoms with Crippen LogP contribution in [0.4, 0.5) is 4.79 Å². The fourth-order valence-electron chi connectivity index (χ4n) is 1.60. The number of rotatable bonds is 4. The second kappa shape index (κ2) is 6.52. The Morgan fingerprint density at radius 2 is 2.10 bits per heavy atom. The lowest BCUT2D eigenvalue weighted by molar-refractivity contribution is 0.0523. The number of amides is 1. The van der Waals surface area contributed by atoms with E-state index in [-0.39, 0.29) is 6.04 Å². The van der Waals surface area contributed by atoms with Gasteiger partial charge in [0.15, 0.2) is 0 Å². The normalized spacial score (nSPS) is 12.7. The van der Waals surface area contributed by atoms with Crippen LogP contribution in [-0.2, 0) is 11.3 Å². The zero-order chi connectivity index (χ0) is 15.3. The first-order valence-electron chi connectivity index (χ1n) is 6.59. The zero-order valence-electron chi connectivity index (χ0n) is 12.5. The minimum absolute atomic E-state index is 0.316. The fourth-order valence-corrected chi connectivity index (χ4v) is 1.60. The summed E-state index contributed by atoms with van der Waals surface area (Å²) < 4.78 is 5.16. The summed E-state index contributed by atoms with van der Waals surface area (Å²) in [5.74, 6) is 0. The standard InChI is InChI=1S/C15H23N3O2/c1-10(16)13(17)12-7-5-6-11(8-12)9-18-14(19)20-15(2,3)4/h5-8,10,17H,9,16H2,1-4H3,(H,18,19). The van der Waals surface area contributed by atoms with Crippen LogP contribution in [0.5, 0.6) is 0 Å². The van der Waals surface area contributed by atoms with Crippen molar-refractivity contribution >= 4 is 11.8 Å². The monoisotopic (exact) mass is 277 g/mol. The predicted octanol–water partition coefficient (Wildman–Crippen LogP) is 2.43. The molecule has 0 saturated carbocycles. The van der Waals surface area contributed by atoms with E-state index < -0.39 is 11.7 Å². The van der Waals surface area contributed by atoms with Crippen molar-refractivity contribution in [3.63, 3.8) is 0 Å². The summed E-state index contributed by atoms with van der Waals surface area (Å²) in [5.41, 5.74) is 7.23. The molecule has 20 heavy (non-hydrogen) atoms. The number of nitrogens with one attached hydrogen (secondary N) is 2. The van der Waals surface area contributed by atoms with Crippen molar-refractivity contribution in [1.82, 2.24) is 5.32 Å². The van der Waals surface area contributed by atoms with Crippen LogP contribution in [0, 0.1) is 5.41 Å². The van der Waals surface area contributed by atoms with Crippen LogP contribution < -0.4 is 11.1 Å². The first-order valence-corrected chi connectivity index (χ1v) is 6.59. The maximum absolute atomic E-state index is 11.6. The molecule has 1 amide bonds. The minimum Gasteiger partial charge on any atom is -0.444 e. The van der Waals surface area contributed by atoms with Gasteiger partial charge in [0.25, 0.3) is 0 Å². The molecule has 0 bridgehead atoms.